The molecule has 1 aromatic rings. The molecule has 0 aromatic heterocycles. The molecule has 4 nitrogen and oxygen atoms in total. The first kappa shape index (κ1) is 20.5. The maximum absolute atomic E-state index is 12.8. The molecule has 0 spiro atoms. The number of carbonyl (C=O) groups is 1. The van der Waals surface area contributed by atoms with Crippen LogP contribution in [0.3, 0.4) is 0 Å². The first-order valence-electron chi connectivity index (χ1n) is 7.15. The maximum atomic E-state index is 12.8. The number of amides is 1. The molecule has 1 fully saturated rings. The Bertz CT molecular complexity index is 712. The van der Waals surface area contributed by atoms with Crippen molar-refractivity contribution in [2.75, 3.05) is 6.54 Å². The van der Waals surface area contributed by atoms with Gasteiger partial charge in [-0.15, -0.1) is 0 Å². The second-order valence-electron chi connectivity index (χ2n) is 6.17. The first-order chi connectivity index (χ1) is 10.5. The summed E-state index contributed by atoms with van der Waals surface area (Å²) in [7, 11) is -4.02. The average molecular weight is 365 g/mol. The lowest BCUT2D eigenvalue weighted by molar-refractivity contribution is -0.137. The van der Waals surface area contributed by atoms with Gasteiger partial charge in [-0.05, 0) is 44.4 Å². The van der Waals surface area contributed by atoms with Crippen LogP contribution in [0.4, 0.5) is 13.2 Å². The minimum absolute atomic E-state index is 0. The van der Waals surface area contributed by atoms with E-state index in [-0.39, 0.29) is 24.7 Å². The summed E-state index contributed by atoms with van der Waals surface area (Å²) in [5, 5.41) is 2.62. The van der Waals surface area contributed by atoms with Crippen LogP contribution in [0.25, 0.3) is 0 Å². The maximum Gasteiger partial charge on any atom is 0.416 e. The summed E-state index contributed by atoms with van der Waals surface area (Å²) in [5.41, 5.74) is -1.00. The Hall–Kier alpha value is -1.57. The summed E-state index contributed by atoms with van der Waals surface area (Å²) in [6, 6.07) is 3.73. The van der Waals surface area contributed by atoms with Gasteiger partial charge in [-0.1, -0.05) is 13.5 Å². The Kier molecular flexibility index (Phi) is 5.75. The van der Waals surface area contributed by atoms with E-state index >= 15 is 0 Å². The monoisotopic (exact) mass is 365 g/mol. The largest absolute Gasteiger partial charge is 0.416 e. The van der Waals surface area contributed by atoms with Crippen LogP contribution in [0.1, 0.15) is 39.7 Å². The van der Waals surface area contributed by atoms with Crippen molar-refractivity contribution in [3.8, 4) is 0 Å². The number of halogens is 3. The molecule has 1 aromatic carbocycles. The Labute approximate surface area is 140 Å². The molecule has 8 heteroatoms. The van der Waals surface area contributed by atoms with Crippen LogP contribution in [0.5, 0.6) is 0 Å². The van der Waals surface area contributed by atoms with Crippen molar-refractivity contribution >= 4 is 15.7 Å². The zero-order valence-electron chi connectivity index (χ0n) is 12.8. The summed E-state index contributed by atoms with van der Waals surface area (Å²) >= 11 is 0. The molecule has 1 heterocycles. The number of benzene rings is 1. The van der Waals surface area contributed by atoms with Crippen molar-refractivity contribution < 1.29 is 26.4 Å². The third-order valence-corrected chi connectivity index (χ3v) is 6.99. The fourth-order valence-electron chi connectivity index (χ4n) is 2.74. The van der Waals surface area contributed by atoms with Crippen LogP contribution >= 0.6 is 0 Å². The molecular weight excluding hydrogens is 343 g/mol. The molecule has 0 radical (unpaired) electrons. The lowest BCUT2D eigenvalue weighted by atomic mass is 9.86. The second kappa shape index (κ2) is 6.74. The van der Waals surface area contributed by atoms with Crippen LogP contribution in [-0.2, 0) is 20.8 Å². The fourth-order valence-corrected chi connectivity index (χ4v) is 4.53. The van der Waals surface area contributed by atoms with Gasteiger partial charge in [0.1, 0.15) is 0 Å². The van der Waals surface area contributed by atoms with E-state index in [1.165, 1.54) is 13.8 Å². The van der Waals surface area contributed by atoms with Crippen molar-refractivity contribution in [2.45, 2.75) is 49.9 Å². The van der Waals surface area contributed by atoms with Crippen LogP contribution in [0.2, 0.25) is 0 Å². The number of piperidine rings is 1. The van der Waals surface area contributed by atoms with Crippen LogP contribution in [0.15, 0.2) is 29.2 Å². The second-order valence-corrected chi connectivity index (χ2v) is 8.70. The molecule has 1 aliphatic rings. The molecule has 0 bridgehead atoms. The summed E-state index contributed by atoms with van der Waals surface area (Å²) < 4.78 is 62.8. The molecular formula is C16H22F3NO3S. The van der Waals surface area contributed by atoms with Crippen LogP contribution in [-0.4, -0.2) is 25.6 Å². The summed E-state index contributed by atoms with van der Waals surface area (Å²) in [5.74, 6) is -0.690. The lowest BCUT2D eigenvalue weighted by Crippen LogP contribution is -2.47. The predicted octanol–water partition coefficient (Wildman–Crippen LogP) is 3.42. The van der Waals surface area contributed by atoms with E-state index in [4.69, 9.17) is 0 Å². The molecule has 1 atom stereocenters. The van der Waals surface area contributed by atoms with Gasteiger partial charge in [0.2, 0.25) is 5.91 Å². The van der Waals surface area contributed by atoms with E-state index in [9.17, 15) is 26.4 Å². The van der Waals surface area contributed by atoms with E-state index in [0.29, 0.717) is 19.0 Å². The Balaban J connectivity index is 0.00000288. The molecule has 24 heavy (non-hydrogen) atoms. The van der Waals surface area contributed by atoms with Gasteiger partial charge in [-0.2, -0.15) is 13.2 Å². The number of alkyl halides is 3. The fraction of sp³-hybridized carbons (Fsp3) is 0.562. The first-order valence-corrected chi connectivity index (χ1v) is 8.63. The number of nitrogens with one attached hydrogen (secondary N) is 1. The Morgan fingerprint density at radius 2 is 1.83 bits per heavy atom. The predicted molar refractivity (Wildman–Crippen MR) is 85.2 cm³/mol. The van der Waals surface area contributed by atoms with Gasteiger partial charge in [0, 0.05) is 13.0 Å². The molecule has 2 rings (SSSR count). The standard InChI is InChI=1S/C15H18F3NO3S.CH4/c1-14(2,10-6-7-19-13(20)9-10)23(21,22)12-5-3-4-11(8-12)15(16,17)18;/h3-5,8,10H,6-7,9H2,1-2H3,(H,19,20);1H4/t10-;/m0./s1. The van der Waals surface area contributed by atoms with Crippen molar-refractivity contribution in [1.82, 2.24) is 5.32 Å². The normalized spacial score (nSPS) is 19.4. The van der Waals surface area contributed by atoms with Gasteiger partial charge in [0.25, 0.3) is 0 Å². The summed E-state index contributed by atoms with van der Waals surface area (Å²) in [4.78, 5) is 11.1. The summed E-state index contributed by atoms with van der Waals surface area (Å²) in [6.07, 6.45) is -4.09. The van der Waals surface area contributed by atoms with E-state index in [2.05, 4.69) is 5.32 Å². The van der Waals surface area contributed by atoms with Crippen molar-refractivity contribution in [1.29, 1.82) is 0 Å². The quantitative estimate of drug-likeness (QED) is 0.893. The van der Waals surface area contributed by atoms with Crippen molar-refractivity contribution in [3.05, 3.63) is 29.8 Å². The topological polar surface area (TPSA) is 63.2 Å². The minimum atomic E-state index is -4.61. The van der Waals surface area contributed by atoms with Gasteiger partial charge >= 0.3 is 6.18 Å². The number of hydrogen-bond donors (Lipinski definition) is 1. The summed E-state index contributed by atoms with van der Waals surface area (Å²) in [6.45, 7) is 3.29. The van der Waals surface area contributed by atoms with Crippen LogP contribution in [0, 0.1) is 5.92 Å². The molecule has 1 aliphatic heterocycles. The molecule has 1 N–H and O–H groups in total. The zero-order valence-corrected chi connectivity index (χ0v) is 13.6. The van der Waals surface area contributed by atoms with E-state index in [1.54, 1.807) is 0 Å². The van der Waals surface area contributed by atoms with Gasteiger partial charge < -0.3 is 5.32 Å². The number of carbonyl (C=O) groups excluding carboxylic acids is 1. The van der Waals surface area contributed by atoms with E-state index < -0.39 is 32.2 Å². The van der Waals surface area contributed by atoms with Gasteiger partial charge in [-0.25, -0.2) is 8.42 Å². The number of hydrogen-bond acceptors (Lipinski definition) is 3. The molecule has 0 aliphatic carbocycles. The number of rotatable bonds is 3. The molecule has 0 unspecified atom stereocenters. The highest BCUT2D eigenvalue weighted by molar-refractivity contribution is 7.92. The zero-order chi connectivity index (χ0) is 17.5. The third-order valence-electron chi connectivity index (χ3n) is 4.39. The van der Waals surface area contributed by atoms with Crippen LogP contribution < -0.4 is 5.32 Å². The Morgan fingerprint density at radius 3 is 2.38 bits per heavy atom. The van der Waals surface area contributed by atoms with Gasteiger partial charge in [0.15, 0.2) is 9.84 Å². The van der Waals surface area contributed by atoms with Crippen molar-refractivity contribution in [2.24, 2.45) is 5.92 Å². The van der Waals surface area contributed by atoms with E-state index in [1.807, 2.05) is 0 Å². The van der Waals surface area contributed by atoms with E-state index in [0.717, 1.165) is 18.2 Å². The molecule has 1 amide bonds. The van der Waals surface area contributed by atoms with Gasteiger partial charge in [-0.3, -0.25) is 4.79 Å². The molecule has 136 valence electrons. The van der Waals surface area contributed by atoms with Crippen molar-refractivity contribution in [3.63, 3.8) is 0 Å². The highest BCUT2D eigenvalue weighted by Crippen LogP contribution is 2.38. The number of sulfone groups is 1. The highest BCUT2D eigenvalue weighted by atomic mass is 32.2. The SMILES string of the molecule is C.CC(C)([C@H]1CCNC(=O)C1)S(=O)(=O)c1cccc(C(F)(F)F)c1. The Morgan fingerprint density at radius 1 is 1.21 bits per heavy atom. The molecule has 0 saturated carbocycles. The van der Waals surface area contributed by atoms with Gasteiger partial charge in [0.05, 0.1) is 15.2 Å². The minimum Gasteiger partial charge on any atom is -0.356 e. The average Bonchev–Trinajstić information content (AvgIpc) is 2.46. The highest BCUT2D eigenvalue weighted by Gasteiger charge is 2.45. The smallest absolute Gasteiger partial charge is 0.356 e. The molecule has 1 saturated heterocycles. The third kappa shape index (κ3) is 3.74. The lowest BCUT2D eigenvalue weighted by Gasteiger charge is -2.36.